The third-order valence-electron chi connectivity index (χ3n) is 4.58. The summed E-state index contributed by atoms with van der Waals surface area (Å²) in [5.41, 5.74) is 0.00175. The van der Waals surface area contributed by atoms with Crippen molar-refractivity contribution in [1.29, 1.82) is 0 Å². The van der Waals surface area contributed by atoms with E-state index >= 15 is 0 Å². The summed E-state index contributed by atoms with van der Waals surface area (Å²) in [5.74, 6) is -23.0. The largest absolute Gasteiger partial charge is 0.508 e. The topological polar surface area (TPSA) is 29.5 Å². The lowest BCUT2D eigenvalue weighted by Gasteiger charge is -2.33. The number of rotatable bonds is 9. The lowest BCUT2D eigenvalue weighted by Crippen LogP contribution is -2.60. The number of benzene rings is 2. The van der Waals surface area contributed by atoms with Crippen LogP contribution in [0.3, 0.4) is 0 Å². The maximum Gasteiger partial charge on any atom is 0.460 e. The van der Waals surface area contributed by atoms with Crippen LogP contribution in [0, 0.1) is 11.6 Å². The Hall–Kier alpha value is -2.73. The molecule has 0 amide bonds. The van der Waals surface area contributed by atoms with Gasteiger partial charge >= 0.3 is 23.9 Å². The second-order valence-electron chi connectivity index (χ2n) is 6.94. The number of unbranched alkanes of at least 4 members (excludes halogenated alkanes) is 1. The first-order chi connectivity index (χ1) is 15.0. The zero-order chi connectivity index (χ0) is 25.2. The lowest BCUT2D eigenvalue weighted by molar-refractivity contribution is -0.396. The van der Waals surface area contributed by atoms with Crippen LogP contribution in [0.15, 0.2) is 36.4 Å². The van der Waals surface area contributed by atoms with Gasteiger partial charge in [0.1, 0.15) is 5.75 Å². The van der Waals surface area contributed by atoms with Crippen LogP contribution in [0.2, 0.25) is 0 Å². The predicted molar refractivity (Wildman–Crippen MR) is 93.7 cm³/mol. The minimum absolute atomic E-state index is 0.120. The van der Waals surface area contributed by atoms with Gasteiger partial charge in [0.05, 0.1) is 6.61 Å². The van der Waals surface area contributed by atoms with Crippen LogP contribution in [-0.4, -0.2) is 35.7 Å². The second-order valence-corrected chi connectivity index (χ2v) is 6.94. The molecule has 13 heteroatoms. The van der Waals surface area contributed by atoms with E-state index in [4.69, 9.17) is 4.74 Å². The average molecular weight is 496 g/mol. The Morgan fingerprint density at radius 1 is 0.697 bits per heavy atom. The van der Waals surface area contributed by atoms with Crippen LogP contribution in [0.1, 0.15) is 19.3 Å². The molecule has 0 bridgehead atoms. The van der Waals surface area contributed by atoms with Crippen molar-refractivity contribution in [3.63, 3.8) is 0 Å². The first-order valence-corrected chi connectivity index (χ1v) is 9.13. The molecule has 2 aromatic rings. The summed E-state index contributed by atoms with van der Waals surface area (Å²) in [5, 5.41) is 9.22. The van der Waals surface area contributed by atoms with Gasteiger partial charge in [0.2, 0.25) is 5.82 Å². The van der Waals surface area contributed by atoms with Crippen LogP contribution in [-0.2, 0) is 0 Å². The summed E-state index contributed by atoms with van der Waals surface area (Å²) in [6.07, 6.45) is -10.5. The zero-order valence-electron chi connectivity index (χ0n) is 16.3. The van der Waals surface area contributed by atoms with Gasteiger partial charge in [-0.3, -0.25) is 0 Å². The fourth-order valence-corrected chi connectivity index (χ4v) is 2.70. The van der Waals surface area contributed by atoms with Gasteiger partial charge < -0.3 is 9.84 Å². The van der Waals surface area contributed by atoms with E-state index < -0.39 is 67.2 Å². The Morgan fingerprint density at radius 3 is 1.82 bits per heavy atom. The van der Waals surface area contributed by atoms with Gasteiger partial charge in [0.15, 0.2) is 11.6 Å². The Morgan fingerprint density at radius 2 is 1.27 bits per heavy atom. The van der Waals surface area contributed by atoms with Crippen LogP contribution in [0.5, 0.6) is 11.5 Å². The molecule has 2 nitrogen and oxygen atoms in total. The van der Waals surface area contributed by atoms with Crippen LogP contribution >= 0.6 is 0 Å². The number of ether oxygens (including phenoxy) is 1. The molecule has 0 atom stereocenters. The minimum Gasteiger partial charge on any atom is -0.508 e. The number of aromatic hydroxyl groups is 1. The molecule has 0 fully saturated rings. The van der Waals surface area contributed by atoms with Crippen LogP contribution in [0.25, 0.3) is 11.1 Å². The average Bonchev–Trinajstić information content (AvgIpc) is 2.70. The third-order valence-corrected chi connectivity index (χ3v) is 4.58. The van der Waals surface area contributed by atoms with Crippen LogP contribution in [0.4, 0.5) is 48.3 Å². The number of hydrogen-bond acceptors (Lipinski definition) is 2. The molecule has 0 radical (unpaired) electrons. The fourth-order valence-electron chi connectivity index (χ4n) is 2.70. The van der Waals surface area contributed by atoms with Crippen molar-refractivity contribution >= 4 is 0 Å². The van der Waals surface area contributed by atoms with E-state index in [1.807, 2.05) is 0 Å². The second kappa shape index (κ2) is 9.26. The van der Waals surface area contributed by atoms with Crippen LogP contribution < -0.4 is 4.74 Å². The molecule has 0 saturated heterocycles. The molecule has 184 valence electrons. The van der Waals surface area contributed by atoms with Gasteiger partial charge in [0.25, 0.3) is 0 Å². The summed E-state index contributed by atoms with van der Waals surface area (Å²) in [7, 11) is 0. The number of phenolic OH excluding ortho intramolecular Hbond substituents is 1. The summed E-state index contributed by atoms with van der Waals surface area (Å²) < 4.78 is 148. The fraction of sp³-hybridized carbons (Fsp3) is 0.400. The van der Waals surface area contributed by atoms with Crippen molar-refractivity contribution in [3.8, 4) is 22.6 Å². The van der Waals surface area contributed by atoms with E-state index in [1.165, 1.54) is 24.3 Å². The molecule has 0 heterocycles. The van der Waals surface area contributed by atoms with Crippen molar-refractivity contribution in [1.82, 2.24) is 0 Å². The highest BCUT2D eigenvalue weighted by molar-refractivity contribution is 5.66. The SMILES string of the molecule is Oc1ccc(-c2ccc(OCCCCC(F)(F)C(F)(F)C(F)(F)C(F)(F)F)c(F)c2F)cc1. The van der Waals surface area contributed by atoms with Gasteiger partial charge in [-0.1, -0.05) is 12.1 Å². The monoisotopic (exact) mass is 496 g/mol. The minimum atomic E-state index is -6.96. The molecule has 1 N–H and O–H groups in total. The Bertz CT molecular complexity index is 954. The maximum atomic E-state index is 14.3. The van der Waals surface area contributed by atoms with Gasteiger partial charge in [-0.15, -0.1) is 0 Å². The number of hydrogen-bond donors (Lipinski definition) is 1. The standard InChI is InChI=1S/C20H15F11O2/c21-15-13(11-3-5-12(32)6-4-11)7-8-14(16(15)22)33-10-2-1-9-17(23,24)18(25,26)19(27,28)20(29,30)31/h3-8,32H,1-2,9-10H2. The van der Waals surface area contributed by atoms with E-state index in [0.29, 0.717) is 0 Å². The summed E-state index contributed by atoms with van der Waals surface area (Å²) in [6, 6.07) is 7.13. The first-order valence-electron chi connectivity index (χ1n) is 9.13. The number of alkyl halides is 9. The summed E-state index contributed by atoms with van der Waals surface area (Å²) >= 11 is 0. The van der Waals surface area contributed by atoms with Gasteiger partial charge in [0, 0.05) is 12.0 Å². The molecule has 0 aromatic heterocycles. The van der Waals surface area contributed by atoms with E-state index in [1.54, 1.807) is 0 Å². The highest BCUT2D eigenvalue weighted by atomic mass is 19.4. The molecular weight excluding hydrogens is 481 g/mol. The molecule has 2 aromatic carbocycles. The van der Waals surface area contributed by atoms with E-state index in [9.17, 15) is 53.4 Å². The van der Waals surface area contributed by atoms with E-state index in [-0.39, 0.29) is 16.9 Å². The number of phenols is 1. The van der Waals surface area contributed by atoms with E-state index in [2.05, 4.69) is 0 Å². The highest BCUT2D eigenvalue weighted by Crippen LogP contribution is 2.54. The molecule has 0 aliphatic heterocycles. The maximum absolute atomic E-state index is 14.3. The lowest BCUT2D eigenvalue weighted by atomic mass is 9.99. The molecule has 0 aliphatic carbocycles. The van der Waals surface area contributed by atoms with E-state index in [0.717, 1.165) is 12.1 Å². The van der Waals surface area contributed by atoms with Crippen molar-refractivity contribution in [2.45, 2.75) is 43.2 Å². The third kappa shape index (κ3) is 5.27. The predicted octanol–water partition coefficient (Wildman–Crippen LogP) is 7.35. The first kappa shape index (κ1) is 26.5. The smallest absolute Gasteiger partial charge is 0.460 e. The molecule has 0 aliphatic rings. The summed E-state index contributed by atoms with van der Waals surface area (Å²) in [6.45, 7) is -0.647. The van der Waals surface area contributed by atoms with Gasteiger partial charge in [-0.05, 0) is 42.7 Å². The zero-order valence-corrected chi connectivity index (χ0v) is 16.3. The molecule has 0 saturated carbocycles. The molecule has 0 spiro atoms. The normalized spacial score (nSPS) is 13.3. The van der Waals surface area contributed by atoms with Gasteiger partial charge in [-0.25, -0.2) is 4.39 Å². The summed E-state index contributed by atoms with van der Waals surface area (Å²) in [4.78, 5) is 0. The van der Waals surface area contributed by atoms with Crippen molar-refractivity contribution in [2.24, 2.45) is 0 Å². The Balaban J connectivity index is 1.97. The van der Waals surface area contributed by atoms with Crippen molar-refractivity contribution in [3.05, 3.63) is 48.0 Å². The molecule has 33 heavy (non-hydrogen) atoms. The molecular formula is C20H15F11O2. The molecule has 2 rings (SSSR count). The highest BCUT2D eigenvalue weighted by Gasteiger charge is 2.81. The van der Waals surface area contributed by atoms with Crippen molar-refractivity contribution in [2.75, 3.05) is 6.61 Å². The van der Waals surface area contributed by atoms with Gasteiger partial charge in [-0.2, -0.15) is 43.9 Å². The molecule has 0 unspecified atom stereocenters. The Labute approximate surface area is 179 Å². The number of halogens is 11. The quantitative estimate of drug-likeness (QED) is 0.291. The Kier molecular flexibility index (Phi) is 7.44. The van der Waals surface area contributed by atoms with Crippen molar-refractivity contribution < 1.29 is 58.1 Å².